The second kappa shape index (κ2) is 4.93. The number of nitrogens with zero attached hydrogens (tertiary/aromatic N) is 2. The SMILES string of the molecule is CCCC1(c2nc3nccc(C)c3[nH]2)CCNCC1. The Balaban J connectivity index is 2.07. The molecule has 0 radical (unpaired) electrons. The van der Waals surface area contributed by atoms with Crippen molar-refractivity contribution in [1.82, 2.24) is 20.3 Å². The highest BCUT2D eigenvalue weighted by Gasteiger charge is 2.36. The number of aromatic nitrogens is 3. The van der Waals surface area contributed by atoms with Gasteiger partial charge in [-0.3, -0.25) is 0 Å². The summed E-state index contributed by atoms with van der Waals surface area (Å²) in [6.07, 6.45) is 6.58. The summed E-state index contributed by atoms with van der Waals surface area (Å²) in [6.45, 7) is 6.55. The van der Waals surface area contributed by atoms with E-state index in [2.05, 4.69) is 29.1 Å². The van der Waals surface area contributed by atoms with Crippen molar-refractivity contribution in [3.63, 3.8) is 0 Å². The zero-order chi connectivity index (χ0) is 13.3. The third-order valence-electron chi connectivity index (χ3n) is 4.39. The van der Waals surface area contributed by atoms with E-state index >= 15 is 0 Å². The van der Waals surface area contributed by atoms with E-state index in [4.69, 9.17) is 4.98 Å². The molecule has 4 heteroatoms. The standard InChI is InChI=1S/C15H22N4/c1-3-5-15(6-9-16-10-7-15)14-18-12-11(2)4-8-17-13(12)19-14/h4,8,16H,3,5-7,9-10H2,1-2H3,(H,17,18,19). The van der Waals surface area contributed by atoms with Gasteiger partial charge in [0.2, 0.25) is 0 Å². The van der Waals surface area contributed by atoms with E-state index in [1.807, 2.05) is 12.3 Å². The van der Waals surface area contributed by atoms with Gasteiger partial charge >= 0.3 is 0 Å². The largest absolute Gasteiger partial charge is 0.340 e. The van der Waals surface area contributed by atoms with Crippen molar-refractivity contribution in [2.45, 2.75) is 44.9 Å². The molecular formula is C15H22N4. The van der Waals surface area contributed by atoms with Gasteiger partial charge in [-0.2, -0.15) is 0 Å². The van der Waals surface area contributed by atoms with E-state index in [-0.39, 0.29) is 5.41 Å². The van der Waals surface area contributed by atoms with Crippen LogP contribution in [0.4, 0.5) is 0 Å². The lowest BCUT2D eigenvalue weighted by molar-refractivity contribution is 0.273. The first-order valence-corrected chi connectivity index (χ1v) is 7.28. The molecule has 3 heterocycles. The van der Waals surface area contributed by atoms with Crippen LogP contribution in [0.15, 0.2) is 12.3 Å². The van der Waals surface area contributed by atoms with Crippen molar-refractivity contribution in [3.8, 4) is 0 Å². The van der Waals surface area contributed by atoms with Gasteiger partial charge in [-0.05, 0) is 50.9 Å². The first-order valence-electron chi connectivity index (χ1n) is 7.28. The molecule has 0 aliphatic carbocycles. The first kappa shape index (κ1) is 12.6. The van der Waals surface area contributed by atoms with Crippen LogP contribution in [-0.4, -0.2) is 28.0 Å². The fourth-order valence-corrected chi connectivity index (χ4v) is 3.28. The molecule has 102 valence electrons. The second-order valence-electron chi connectivity index (χ2n) is 5.69. The molecule has 0 saturated carbocycles. The maximum absolute atomic E-state index is 4.79. The van der Waals surface area contributed by atoms with Gasteiger partial charge in [0.15, 0.2) is 5.65 Å². The first-order chi connectivity index (χ1) is 9.25. The van der Waals surface area contributed by atoms with Crippen LogP contribution in [0.1, 0.15) is 44.0 Å². The summed E-state index contributed by atoms with van der Waals surface area (Å²) in [7, 11) is 0. The fraction of sp³-hybridized carbons (Fsp3) is 0.600. The van der Waals surface area contributed by atoms with Crippen LogP contribution in [0.2, 0.25) is 0 Å². The van der Waals surface area contributed by atoms with Gasteiger partial charge in [0.25, 0.3) is 0 Å². The van der Waals surface area contributed by atoms with Crippen molar-refractivity contribution in [1.29, 1.82) is 0 Å². The summed E-state index contributed by atoms with van der Waals surface area (Å²) in [5.41, 5.74) is 3.41. The Bertz CT molecular complexity index is 561. The van der Waals surface area contributed by atoms with Crippen molar-refractivity contribution in [3.05, 3.63) is 23.7 Å². The molecule has 0 bridgehead atoms. The molecule has 4 nitrogen and oxygen atoms in total. The minimum atomic E-state index is 0.215. The van der Waals surface area contributed by atoms with Crippen molar-refractivity contribution >= 4 is 11.2 Å². The second-order valence-corrected chi connectivity index (χ2v) is 5.69. The monoisotopic (exact) mass is 258 g/mol. The molecule has 0 spiro atoms. The Morgan fingerprint density at radius 2 is 2.11 bits per heavy atom. The van der Waals surface area contributed by atoms with Crippen molar-refractivity contribution in [2.24, 2.45) is 0 Å². The number of pyridine rings is 1. The van der Waals surface area contributed by atoms with E-state index in [0.29, 0.717) is 0 Å². The molecule has 19 heavy (non-hydrogen) atoms. The van der Waals surface area contributed by atoms with E-state index in [0.717, 1.165) is 30.1 Å². The summed E-state index contributed by atoms with van der Waals surface area (Å²) in [4.78, 5) is 12.7. The van der Waals surface area contributed by atoms with Crippen molar-refractivity contribution in [2.75, 3.05) is 13.1 Å². The Kier molecular flexibility index (Phi) is 3.27. The summed E-state index contributed by atoms with van der Waals surface area (Å²) in [6, 6.07) is 2.04. The smallest absolute Gasteiger partial charge is 0.177 e. The molecule has 1 fully saturated rings. The summed E-state index contributed by atoms with van der Waals surface area (Å²) in [5.74, 6) is 1.15. The lowest BCUT2D eigenvalue weighted by Gasteiger charge is -2.35. The van der Waals surface area contributed by atoms with Gasteiger partial charge < -0.3 is 10.3 Å². The molecule has 0 unspecified atom stereocenters. The number of fused-ring (bicyclic) bond motifs is 1. The zero-order valence-corrected chi connectivity index (χ0v) is 11.8. The van der Waals surface area contributed by atoms with E-state index in [9.17, 15) is 0 Å². The predicted octanol–water partition coefficient (Wildman–Crippen LogP) is 2.69. The fourth-order valence-electron chi connectivity index (χ4n) is 3.28. The number of hydrogen-bond acceptors (Lipinski definition) is 3. The minimum Gasteiger partial charge on any atom is -0.340 e. The number of rotatable bonds is 3. The lowest BCUT2D eigenvalue weighted by atomic mass is 9.75. The topological polar surface area (TPSA) is 53.6 Å². The molecule has 1 saturated heterocycles. The number of imidazole rings is 1. The number of hydrogen-bond donors (Lipinski definition) is 2. The number of piperidine rings is 1. The molecule has 1 aliphatic heterocycles. The zero-order valence-electron chi connectivity index (χ0n) is 11.8. The van der Waals surface area contributed by atoms with Gasteiger partial charge in [0.1, 0.15) is 5.82 Å². The molecule has 0 amide bonds. The number of H-pyrrole nitrogens is 1. The Morgan fingerprint density at radius 3 is 2.79 bits per heavy atom. The molecule has 0 atom stereocenters. The van der Waals surface area contributed by atoms with E-state index in [1.54, 1.807) is 0 Å². The predicted molar refractivity (Wildman–Crippen MR) is 77.3 cm³/mol. The van der Waals surface area contributed by atoms with Crippen LogP contribution in [-0.2, 0) is 5.41 Å². The van der Waals surface area contributed by atoms with E-state index < -0.39 is 0 Å². The highest BCUT2D eigenvalue weighted by Crippen LogP contribution is 2.37. The molecule has 2 N–H and O–H groups in total. The lowest BCUT2D eigenvalue weighted by Crippen LogP contribution is -2.40. The van der Waals surface area contributed by atoms with Gasteiger partial charge in [0, 0.05) is 11.6 Å². The molecular weight excluding hydrogens is 236 g/mol. The maximum atomic E-state index is 4.79. The van der Waals surface area contributed by atoms with Crippen LogP contribution in [0, 0.1) is 6.92 Å². The minimum absolute atomic E-state index is 0.215. The summed E-state index contributed by atoms with van der Waals surface area (Å²) >= 11 is 0. The van der Waals surface area contributed by atoms with Crippen LogP contribution in [0.5, 0.6) is 0 Å². The summed E-state index contributed by atoms with van der Waals surface area (Å²) in [5, 5.41) is 3.46. The molecule has 3 rings (SSSR count). The molecule has 0 aromatic carbocycles. The molecule has 2 aromatic rings. The quantitative estimate of drug-likeness (QED) is 0.890. The third kappa shape index (κ3) is 2.14. The summed E-state index contributed by atoms with van der Waals surface area (Å²) < 4.78 is 0. The van der Waals surface area contributed by atoms with Crippen molar-refractivity contribution < 1.29 is 0 Å². The normalized spacial score (nSPS) is 18.8. The van der Waals surface area contributed by atoms with Gasteiger partial charge in [-0.15, -0.1) is 0 Å². The third-order valence-corrected chi connectivity index (χ3v) is 4.39. The Labute approximate surface area is 114 Å². The number of nitrogens with one attached hydrogen (secondary N) is 2. The maximum Gasteiger partial charge on any atom is 0.177 e. The molecule has 1 aliphatic rings. The van der Waals surface area contributed by atoms with Crippen LogP contribution >= 0.6 is 0 Å². The highest BCUT2D eigenvalue weighted by molar-refractivity contribution is 5.74. The van der Waals surface area contributed by atoms with Gasteiger partial charge in [-0.1, -0.05) is 13.3 Å². The van der Waals surface area contributed by atoms with Crippen LogP contribution in [0.25, 0.3) is 11.2 Å². The average Bonchev–Trinajstić information content (AvgIpc) is 2.86. The van der Waals surface area contributed by atoms with Gasteiger partial charge in [-0.25, -0.2) is 9.97 Å². The van der Waals surface area contributed by atoms with Crippen LogP contribution < -0.4 is 5.32 Å². The highest BCUT2D eigenvalue weighted by atomic mass is 15.0. The molecule has 2 aromatic heterocycles. The van der Waals surface area contributed by atoms with E-state index in [1.165, 1.54) is 31.2 Å². The average molecular weight is 258 g/mol. The number of aromatic amines is 1. The Hall–Kier alpha value is -1.42. The van der Waals surface area contributed by atoms with Crippen LogP contribution in [0.3, 0.4) is 0 Å². The Morgan fingerprint density at radius 1 is 1.32 bits per heavy atom. The number of aryl methyl sites for hydroxylation is 1. The van der Waals surface area contributed by atoms with Gasteiger partial charge in [0.05, 0.1) is 5.52 Å².